The number of fused-ring (bicyclic) bond motifs is 10. The molecule has 0 saturated heterocycles. The molecule has 5 heterocycles. The van der Waals surface area contributed by atoms with E-state index in [0.29, 0.717) is 0 Å². The van der Waals surface area contributed by atoms with Crippen LogP contribution < -0.4 is 16.4 Å². The van der Waals surface area contributed by atoms with E-state index >= 15 is 0 Å². The summed E-state index contributed by atoms with van der Waals surface area (Å²) in [6, 6.07) is 29.3. The number of aromatic nitrogens is 4. The van der Waals surface area contributed by atoms with E-state index in [-0.39, 0.29) is 28.4 Å². The third kappa shape index (κ3) is 4.84. The first-order valence-electron chi connectivity index (χ1n) is 20.0. The van der Waals surface area contributed by atoms with Gasteiger partial charge in [0, 0.05) is 61.9 Å². The van der Waals surface area contributed by atoms with Gasteiger partial charge in [0.1, 0.15) is 0 Å². The highest BCUT2D eigenvalue weighted by Crippen LogP contribution is 2.44. The van der Waals surface area contributed by atoms with Crippen molar-refractivity contribution in [2.75, 3.05) is 0 Å². The van der Waals surface area contributed by atoms with E-state index in [4.69, 9.17) is 4.98 Å². The third-order valence-electron chi connectivity index (χ3n) is 12.6. The van der Waals surface area contributed by atoms with E-state index in [1.165, 1.54) is 93.6 Å². The first-order chi connectivity index (χ1) is 25.8. The van der Waals surface area contributed by atoms with Crippen molar-refractivity contribution < 1.29 is 0 Å². The minimum Gasteiger partial charge on any atom is -0.310 e. The fourth-order valence-electron chi connectivity index (χ4n) is 9.46. The maximum atomic E-state index is 4.87. The van der Waals surface area contributed by atoms with Crippen LogP contribution in [0.1, 0.15) is 105 Å². The van der Waals surface area contributed by atoms with E-state index in [1.54, 1.807) is 6.20 Å². The summed E-state index contributed by atoms with van der Waals surface area (Å²) in [6.07, 6.45) is 5.48. The van der Waals surface area contributed by atoms with Crippen LogP contribution in [-0.2, 0) is 21.7 Å². The van der Waals surface area contributed by atoms with Crippen LogP contribution in [0.5, 0.6) is 0 Å². The van der Waals surface area contributed by atoms with Gasteiger partial charge in [-0.25, -0.2) is 0 Å². The summed E-state index contributed by atoms with van der Waals surface area (Å²) in [7, 11) is 0. The molecule has 0 unspecified atom stereocenters. The fourth-order valence-corrected chi connectivity index (χ4v) is 9.46. The molecule has 0 fully saturated rings. The molecule has 0 amide bonds. The van der Waals surface area contributed by atoms with Gasteiger partial charge in [-0.1, -0.05) is 107 Å². The average molecular weight is 719 g/mol. The van der Waals surface area contributed by atoms with Crippen molar-refractivity contribution >= 4 is 66.7 Å². The smallest absolute Gasteiger partial charge is 0.252 e. The topological polar surface area (TPSA) is 35.6 Å². The van der Waals surface area contributed by atoms with Gasteiger partial charge in [0.15, 0.2) is 0 Å². The molecular formula is C50H51BN4. The SMILES string of the molecule is CC(C)(C)c1ccc2c(c1)c1cc(C(C)(C)C)cc3c1n2-c1cc(-c2cnccn2)cc2c1B3c1cc(C(C)(C)C)cc3c4cc(C(C)(C)C)ccc4n-2c13. The van der Waals surface area contributed by atoms with Gasteiger partial charge in [0.05, 0.1) is 22.9 Å². The zero-order valence-corrected chi connectivity index (χ0v) is 34.5. The van der Waals surface area contributed by atoms with E-state index < -0.39 is 0 Å². The van der Waals surface area contributed by atoms with Crippen LogP contribution in [-0.4, -0.2) is 25.8 Å². The molecule has 55 heavy (non-hydrogen) atoms. The van der Waals surface area contributed by atoms with Crippen LogP contribution >= 0.6 is 0 Å². The lowest BCUT2D eigenvalue weighted by Gasteiger charge is -2.35. The normalized spacial score (nSPS) is 14.1. The lowest BCUT2D eigenvalue weighted by molar-refractivity contribution is 0.590. The summed E-state index contributed by atoms with van der Waals surface area (Å²) in [6.45, 7) is 28.1. The van der Waals surface area contributed by atoms with Gasteiger partial charge in [-0.05, 0) is 109 Å². The zero-order chi connectivity index (χ0) is 38.7. The van der Waals surface area contributed by atoms with Crippen molar-refractivity contribution in [1.29, 1.82) is 0 Å². The van der Waals surface area contributed by atoms with Gasteiger partial charge >= 0.3 is 0 Å². The molecule has 2 aliphatic rings. The Balaban J connectivity index is 1.45. The van der Waals surface area contributed by atoms with Gasteiger partial charge in [0.25, 0.3) is 6.71 Å². The van der Waals surface area contributed by atoms with Crippen LogP contribution in [0.2, 0.25) is 0 Å². The lowest BCUT2D eigenvalue weighted by Crippen LogP contribution is -2.59. The molecule has 10 rings (SSSR count). The lowest BCUT2D eigenvalue weighted by atomic mass is 9.34. The molecule has 8 aromatic rings. The average Bonchev–Trinajstić information content (AvgIpc) is 3.63. The van der Waals surface area contributed by atoms with Crippen LogP contribution in [0.3, 0.4) is 0 Å². The van der Waals surface area contributed by atoms with Crippen LogP contribution in [0.4, 0.5) is 0 Å². The Bertz CT molecular complexity index is 2770. The molecule has 4 nitrogen and oxygen atoms in total. The monoisotopic (exact) mass is 718 g/mol. The minimum atomic E-state index is -0.0325. The molecule has 0 radical (unpaired) electrons. The highest BCUT2D eigenvalue weighted by atomic mass is 15.0. The fraction of sp³-hybridized carbons (Fsp3) is 0.320. The minimum absolute atomic E-state index is 0.0272. The molecule has 0 saturated carbocycles. The summed E-state index contributed by atoms with van der Waals surface area (Å²) >= 11 is 0. The first-order valence-corrected chi connectivity index (χ1v) is 20.0. The van der Waals surface area contributed by atoms with Gasteiger partial charge < -0.3 is 9.13 Å². The van der Waals surface area contributed by atoms with Gasteiger partial charge in [-0.15, -0.1) is 0 Å². The van der Waals surface area contributed by atoms with Gasteiger partial charge in [-0.2, -0.15) is 0 Å². The van der Waals surface area contributed by atoms with Crippen molar-refractivity contribution in [2.45, 2.75) is 105 Å². The van der Waals surface area contributed by atoms with E-state index in [0.717, 1.165) is 11.3 Å². The molecular weight excluding hydrogens is 667 g/mol. The second-order valence-corrected chi connectivity index (χ2v) is 20.5. The quantitative estimate of drug-likeness (QED) is 0.158. The van der Waals surface area contributed by atoms with E-state index in [2.05, 4.69) is 170 Å². The summed E-state index contributed by atoms with van der Waals surface area (Å²) < 4.78 is 5.18. The predicted octanol–water partition coefficient (Wildman–Crippen LogP) is 10.7. The highest BCUT2D eigenvalue weighted by Gasteiger charge is 2.43. The maximum absolute atomic E-state index is 4.87. The number of rotatable bonds is 1. The Kier molecular flexibility index (Phi) is 6.73. The molecule has 0 N–H and O–H groups in total. The van der Waals surface area contributed by atoms with E-state index in [1.807, 2.05) is 12.4 Å². The Labute approximate surface area is 325 Å². The Morgan fingerprint density at radius 1 is 0.473 bits per heavy atom. The predicted molar refractivity (Wildman–Crippen MR) is 236 cm³/mol. The molecule has 5 aromatic carbocycles. The molecule has 274 valence electrons. The first kappa shape index (κ1) is 34.3. The van der Waals surface area contributed by atoms with Crippen LogP contribution in [0.15, 0.2) is 91.4 Å². The molecule has 5 heteroatoms. The van der Waals surface area contributed by atoms with Crippen molar-refractivity contribution in [3.63, 3.8) is 0 Å². The number of benzene rings is 5. The van der Waals surface area contributed by atoms with Crippen molar-refractivity contribution in [3.8, 4) is 22.6 Å². The molecule has 2 aliphatic heterocycles. The van der Waals surface area contributed by atoms with Gasteiger partial charge in [-0.3, -0.25) is 9.97 Å². The number of hydrogen-bond acceptors (Lipinski definition) is 2. The largest absolute Gasteiger partial charge is 0.310 e. The summed E-state index contributed by atoms with van der Waals surface area (Å²) in [4.78, 5) is 9.41. The van der Waals surface area contributed by atoms with Crippen molar-refractivity contribution in [2.24, 2.45) is 0 Å². The number of hydrogen-bond donors (Lipinski definition) is 0. The molecule has 0 atom stereocenters. The Morgan fingerprint density at radius 3 is 1.31 bits per heavy atom. The summed E-state index contributed by atoms with van der Waals surface area (Å²) in [5.41, 5.74) is 19.2. The van der Waals surface area contributed by atoms with Gasteiger partial charge in [0.2, 0.25) is 0 Å². The summed E-state index contributed by atoms with van der Waals surface area (Å²) in [5, 5.41) is 5.32. The summed E-state index contributed by atoms with van der Waals surface area (Å²) in [5.74, 6) is 0. The standard InChI is InChI=1S/C50H51BN4/c1-47(2,3)29-13-15-40-33(21-29)35-23-31(49(7,8)9)25-37-45(35)54(40)42-19-28(39-27-52-17-18-53-39)20-43-44(42)51(37)38-26-32(50(10,11)12)24-36-34-22-30(48(4,5)6)14-16-41(34)55(43)46(36)38/h13-27H,1-12H3. The molecule has 0 aliphatic carbocycles. The van der Waals surface area contributed by atoms with Crippen LogP contribution in [0, 0.1) is 0 Å². The van der Waals surface area contributed by atoms with Crippen LogP contribution in [0.25, 0.3) is 66.2 Å². The Morgan fingerprint density at radius 2 is 0.909 bits per heavy atom. The second kappa shape index (κ2) is 10.8. The highest BCUT2D eigenvalue weighted by molar-refractivity contribution is 7.00. The van der Waals surface area contributed by atoms with Crippen molar-refractivity contribution in [3.05, 3.63) is 114 Å². The third-order valence-corrected chi connectivity index (χ3v) is 12.6. The Hall–Kier alpha value is -5.16. The number of nitrogens with zero attached hydrogens (tertiary/aromatic N) is 4. The molecule has 3 aromatic heterocycles. The zero-order valence-electron chi connectivity index (χ0n) is 34.5. The molecule has 0 bridgehead atoms. The molecule has 0 spiro atoms. The maximum Gasteiger partial charge on any atom is 0.252 e. The van der Waals surface area contributed by atoms with E-state index in [9.17, 15) is 0 Å². The van der Waals surface area contributed by atoms with Crippen molar-refractivity contribution in [1.82, 2.24) is 19.1 Å². The second-order valence-electron chi connectivity index (χ2n) is 20.5.